The SMILES string of the molecule is CC1=NC(c2cc(C(=O)N3CCC(c4ccc(C#N)c(C)c4)CC3)c(C)cc2C2CCC2)NN1. The lowest BCUT2D eigenvalue weighted by Gasteiger charge is -2.34. The van der Waals surface area contributed by atoms with E-state index >= 15 is 0 Å². The minimum atomic E-state index is -0.145. The third kappa shape index (κ3) is 4.21. The number of rotatable bonds is 4. The van der Waals surface area contributed by atoms with Crippen molar-refractivity contribution in [3.8, 4) is 6.07 Å². The molecule has 1 amide bonds. The zero-order chi connectivity index (χ0) is 23.8. The molecule has 1 unspecified atom stereocenters. The number of nitrogens with one attached hydrogen (secondary N) is 2. The van der Waals surface area contributed by atoms with Gasteiger partial charge < -0.3 is 10.3 Å². The molecule has 6 heteroatoms. The highest BCUT2D eigenvalue weighted by Crippen LogP contribution is 2.41. The topological polar surface area (TPSA) is 80.5 Å². The molecule has 2 heterocycles. The van der Waals surface area contributed by atoms with Crippen LogP contribution in [0.15, 0.2) is 35.3 Å². The van der Waals surface area contributed by atoms with E-state index in [9.17, 15) is 10.1 Å². The molecule has 34 heavy (non-hydrogen) atoms. The molecule has 1 saturated heterocycles. The first-order valence-electron chi connectivity index (χ1n) is 12.4. The number of hydrogen-bond donors (Lipinski definition) is 2. The number of likely N-dealkylation sites (tertiary alicyclic amines) is 1. The summed E-state index contributed by atoms with van der Waals surface area (Å²) in [5.41, 5.74) is 13.8. The van der Waals surface area contributed by atoms with Crippen LogP contribution in [0.1, 0.15) is 101 Å². The fraction of sp³-hybridized carbons (Fsp3) is 0.464. The summed E-state index contributed by atoms with van der Waals surface area (Å²) < 4.78 is 0. The normalized spacial score (nSPS) is 20.9. The van der Waals surface area contributed by atoms with Crippen LogP contribution in [-0.2, 0) is 0 Å². The van der Waals surface area contributed by atoms with Crippen LogP contribution >= 0.6 is 0 Å². The Hall–Kier alpha value is -3.17. The highest BCUT2D eigenvalue weighted by molar-refractivity contribution is 5.96. The number of amides is 1. The van der Waals surface area contributed by atoms with E-state index in [1.165, 1.54) is 30.4 Å². The lowest BCUT2D eigenvalue weighted by Crippen LogP contribution is -2.38. The average molecular weight is 456 g/mol. The number of nitriles is 1. The molecule has 1 saturated carbocycles. The highest BCUT2D eigenvalue weighted by atomic mass is 16.2. The second kappa shape index (κ2) is 9.23. The minimum Gasteiger partial charge on any atom is -0.339 e. The Kier molecular flexibility index (Phi) is 6.14. The molecule has 0 aromatic heterocycles. The minimum absolute atomic E-state index is 0.125. The van der Waals surface area contributed by atoms with Crippen molar-refractivity contribution in [2.24, 2.45) is 4.99 Å². The van der Waals surface area contributed by atoms with E-state index in [1.807, 2.05) is 24.8 Å². The first kappa shape index (κ1) is 22.6. The highest BCUT2D eigenvalue weighted by Gasteiger charge is 2.31. The fourth-order valence-electron chi connectivity index (χ4n) is 5.52. The molecule has 2 fully saturated rings. The van der Waals surface area contributed by atoms with E-state index in [0.717, 1.165) is 59.6 Å². The quantitative estimate of drug-likeness (QED) is 0.681. The van der Waals surface area contributed by atoms with Gasteiger partial charge in [0, 0.05) is 18.7 Å². The molecule has 5 rings (SSSR count). The number of carbonyl (C=O) groups excluding carboxylic acids is 1. The lowest BCUT2D eigenvalue weighted by atomic mass is 9.76. The number of hydrazine groups is 1. The molecule has 0 spiro atoms. The fourth-order valence-corrected chi connectivity index (χ4v) is 5.52. The van der Waals surface area contributed by atoms with Crippen LogP contribution in [-0.4, -0.2) is 29.7 Å². The van der Waals surface area contributed by atoms with Gasteiger partial charge in [-0.3, -0.25) is 4.79 Å². The number of aliphatic imine (C=N–C) groups is 1. The van der Waals surface area contributed by atoms with Crippen molar-refractivity contribution in [2.45, 2.75) is 70.9 Å². The van der Waals surface area contributed by atoms with Crippen LogP contribution < -0.4 is 10.9 Å². The van der Waals surface area contributed by atoms with Crippen molar-refractivity contribution in [2.75, 3.05) is 13.1 Å². The first-order valence-corrected chi connectivity index (χ1v) is 12.4. The number of carbonyl (C=O) groups is 1. The summed E-state index contributed by atoms with van der Waals surface area (Å²) in [6.45, 7) is 7.52. The summed E-state index contributed by atoms with van der Waals surface area (Å²) in [4.78, 5) is 20.3. The summed E-state index contributed by atoms with van der Waals surface area (Å²) in [6, 6.07) is 12.7. The van der Waals surface area contributed by atoms with Gasteiger partial charge in [-0.25, -0.2) is 10.4 Å². The molecule has 2 aromatic carbocycles. The average Bonchev–Trinajstić information content (AvgIpc) is 3.24. The van der Waals surface area contributed by atoms with Gasteiger partial charge in [0.05, 0.1) is 11.6 Å². The third-order valence-corrected chi connectivity index (χ3v) is 7.84. The van der Waals surface area contributed by atoms with Crippen molar-refractivity contribution in [1.29, 1.82) is 5.26 Å². The third-order valence-electron chi connectivity index (χ3n) is 7.84. The zero-order valence-corrected chi connectivity index (χ0v) is 20.3. The largest absolute Gasteiger partial charge is 0.339 e. The van der Waals surface area contributed by atoms with Gasteiger partial charge in [-0.15, -0.1) is 0 Å². The van der Waals surface area contributed by atoms with Crippen LogP contribution in [0.3, 0.4) is 0 Å². The Morgan fingerprint density at radius 3 is 2.35 bits per heavy atom. The number of aryl methyl sites for hydroxylation is 2. The van der Waals surface area contributed by atoms with E-state index < -0.39 is 0 Å². The van der Waals surface area contributed by atoms with Crippen molar-refractivity contribution in [3.63, 3.8) is 0 Å². The lowest BCUT2D eigenvalue weighted by molar-refractivity contribution is 0.0712. The van der Waals surface area contributed by atoms with Crippen LogP contribution in [0.2, 0.25) is 0 Å². The molecule has 176 valence electrons. The molecule has 2 N–H and O–H groups in total. The van der Waals surface area contributed by atoms with E-state index in [1.54, 1.807) is 0 Å². The van der Waals surface area contributed by atoms with Gasteiger partial charge in [0.25, 0.3) is 5.91 Å². The van der Waals surface area contributed by atoms with Crippen molar-refractivity contribution in [1.82, 2.24) is 15.8 Å². The van der Waals surface area contributed by atoms with Crippen LogP contribution in [0.4, 0.5) is 0 Å². The van der Waals surface area contributed by atoms with Crippen LogP contribution in [0, 0.1) is 25.2 Å². The Balaban J connectivity index is 1.35. The molecule has 1 atom stereocenters. The Bertz CT molecular complexity index is 1180. The molecule has 3 aliphatic rings. The van der Waals surface area contributed by atoms with Gasteiger partial charge in [-0.05, 0) is 98.2 Å². The van der Waals surface area contributed by atoms with E-state index in [4.69, 9.17) is 4.99 Å². The first-order chi connectivity index (χ1) is 16.4. The molecular weight excluding hydrogens is 422 g/mol. The maximum absolute atomic E-state index is 13.6. The Morgan fingerprint density at radius 1 is 1.00 bits per heavy atom. The molecule has 6 nitrogen and oxygen atoms in total. The molecule has 0 radical (unpaired) electrons. The second-order valence-corrected chi connectivity index (χ2v) is 10.1. The summed E-state index contributed by atoms with van der Waals surface area (Å²) in [6.07, 6.45) is 5.45. The number of amidine groups is 1. The van der Waals surface area contributed by atoms with Gasteiger partial charge in [0.2, 0.25) is 0 Å². The Morgan fingerprint density at radius 2 is 1.76 bits per heavy atom. The molecule has 2 aromatic rings. The van der Waals surface area contributed by atoms with Crippen molar-refractivity contribution >= 4 is 11.7 Å². The van der Waals surface area contributed by atoms with Gasteiger partial charge >= 0.3 is 0 Å². The standard InChI is InChI=1S/C28H33N5O/c1-17-13-22(7-8-23(17)16-29)20-9-11-33(12-10-20)28(34)24-15-26(27-30-19(3)31-32-27)25(14-18(24)2)21-5-4-6-21/h7-8,13-15,20-21,27,32H,4-6,9-12H2,1-3H3,(H,30,31). The predicted octanol–water partition coefficient (Wildman–Crippen LogP) is 4.99. The molecule has 2 aliphatic heterocycles. The van der Waals surface area contributed by atoms with Gasteiger partial charge in [0.15, 0.2) is 0 Å². The Labute approximate surface area is 202 Å². The number of benzene rings is 2. The van der Waals surface area contributed by atoms with E-state index in [0.29, 0.717) is 11.8 Å². The van der Waals surface area contributed by atoms with Gasteiger partial charge in [0.1, 0.15) is 12.0 Å². The van der Waals surface area contributed by atoms with E-state index in [2.05, 4.69) is 48.1 Å². The van der Waals surface area contributed by atoms with E-state index in [-0.39, 0.29) is 12.1 Å². The van der Waals surface area contributed by atoms with Crippen molar-refractivity contribution in [3.05, 3.63) is 69.3 Å². The number of hydrogen-bond acceptors (Lipinski definition) is 5. The van der Waals surface area contributed by atoms with Crippen LogP contribution in [0.25, 0.3) is 0 Å². The summed E-state index contributed by atoms with van der Waals surface area (Å²) >= 11 is 0. The van der Waals surface area contributed by atoms with Gasteiger partial charge in [-0.2, -0.15) is 5.26 Å². The monoisotopic (exact) mass is 455 g/mol. The maximum Gasteiger partial charge on any atom is 0.254 e. The van der Waals surface area contributed by atoms with Crippen molar-refractivity contribution < 1.29 is 4.79 Å². The molecule has 1 aliphatic carbocycles. The molecular formula is C28H33N5O. The summed E-state index contributed by atoms with van der Waals surface area (Å²) in [5, 5.41) is 9.20. The maximum atomic E-state index is 13.6. The molecule has 0 bridgehead atoms. The van der Waals surface area contributed by atoms with Crippen LogP contribution in [0.5, 0.6) is 0 Å². The number of piperidine rings is 1. The summed E-state index contributed by atoms with van der Waals surface area (Å²) in [7, 11) is 0. The summed E-state index contributed by atoms with van der Waals surface area (Å²) in [5.74, 6) is 2.00. The smallest absolute Gasteiger partial charge is 0.254 e. The zero-order valence-electron chi connectivity index (χ0n) is 20.3. The second-order valence-electron chi connectivity index (χ2n) is 10.1. The van der Waals surface area contributed by atoms with Gasteiger partial charge in [-0.1, -0.05) is 24.6 Å². The number of nitrogens with zero attached hydrogens (tertiary/aromatic N) is 3. The predicted molar refractivity (Wildman–Crippen MR) is 134 cm³/mol.